The van der Waals surface area contributed by atoms with Gasteiger partial charge in [-0.2, -0.15) is 0 Å². The Morgan fingerprint density at radius 3 is 1.68 bits per heavy atom. The molecular weight excluding hydrogens is 643 g/mol. The van der Waals surface area contributed by atoms with Crippen LogP contribution in [0.2, 0.25) is 39.3 Å². The first-order chi connectivity index (χ1) is 21.3. The van der Waals surface area contributed by atoms with Crippen LogP contribution >= 0.6 is 0 Å². The van der Waals surface area contributed by atoms with Crippen LogP contribution in [0.5, 0.6) is 5.75 Å². The first kappa shape index (κ1) is 43.9. The summed E-state index contributed by atoms with van der Waals surface area (Å²) in [4.78, 5) is 6.63. The standard InChI is InChI=1S/C24H28N2O.C6H18NSi2.2C4H8O.Ca/c1-23(2,3)18-13-17(22(27)19(14-18)24(4,5)6)15-26-20-11-7-9-16-10-8-12-25-21(16)20;1-8(2,3)7-9(4,5)6;2*1-2-4-5-3-1;/h7-15,27H,1-6H3;1-6H3;2*1-4H2;/q;-1;;;+2/p+1. The van der Waals surface area contributed by atoms with Gasteiger partial charge < -0.3 is 19.2 Å². The molecule has 0 saturated carbocycles. The van der Waals surface area contributed by atoms with Crippen molar-refractivity contribution in [2.75, 3.05) is 26.4 Å². The molecule has 2 saturated heterocycles. The summed E-state index contributed by atoms with van der Waals surface area (Å²) in [7, 11) is -2.21. The topological polar surface area (TPSA) is 83.7 Å². The summed E-state index contributed by atoms with van der Waals surface area (Å²) in [5.74, 6) is 0.0900. The number of hydrogen-bond donors (Lipinski definition) is 1. The number of hydrogen-bond acceptors (Lipinski definition) is 3. The van der Waals surface area contributed by atoms with Gasteiger partial charge >= 0.3 is 37.7 Å². The molecule has 2 aliphatic heterocycles. The van der Waals surface area contributed by atoms with E-state index in [1.165, 1.54) is 31.2 Å². The SMILES string of the molecule is C1CCOC1.C1CCOC1.CC(C)(C)c1cc(C=[NH+]c2cccc3ccc[nH+]c23)c([O-])c(C(C)(C)C)c1.C[Si](C)(C)[N-][Si](C)(C)C.[Ca+2]. The molecule has 2 aliphatic rings. The number of ether oxygens (including phenoxy) is 2. The van der Waals surface area contributed by atoms with Crippen molar-refractivity contribution in [3.05, 3.63) is 70.0 Å². The molecule has 0 aliphatic carbocycles. The maximum Gasteiger partial charge on any atom is 2.00 e. The number of nitrogens with one attached hydrogen (secondary N) is 2. The van der Waals surface area contributed by atoms with Gasteiger partial charge in [-0.15, -0.1) is 0 Å². The Balaban J connectivity index is 0.000000446. The van der Waals surface area contributed by atoms with Crippen LogP contribution in [0.4, 0.5) is 5.69 Å². The van der Waals surface area contributed by atoms with Crippen LogP contribution in [-0.4, -0.2) is 86.9 Å². The van der Waals surface area contributed by atoms with E-state index in [-0.39, 0.29) is 54.3 Å². The second-order valence-corrected chi connectivity index (χ2v) is 25.8. The van der Waals surface area contributed by atoms with Gasteiger partial charge in [0.1, 0.15) is 0 Å². The van der Waals surface area contributed by atoms with Gasteiger partial charge in [0.2, 0.25) is 0 Å². The number of benzene rings is 2. The first-order valence-corrected chi connectivity index (χ1v) is 23.9. The third kappa shape index (κ3) is 17.4. The summed E-state index contributed by atoms with van der Waals surface area (Å²) in [6, 6.07) is 14.2. The average molecular weight is 706 g/mol. The fourth-order valence-electron chi connectivity index (χ4n) is 5.20. The zero-order valence-corrected chi connectivity index (χ0v) is 35.9. The predicted molar refractivity (Wildman–Crippen MR) is 205 cm³/mol. The minimum absolute atomic E-state index is 0. The third-order valence-electron chi connectivity index (χ3n) is 7.20. The Bertz CT molecular complexity index is 1340. The van der Waals surface area contributed by atoms with Gasteiger partial charge in [-0.3, -0.25) is 0 Å². The summed E-state index contributed by atoms with van der Waals surface area (Å²) >= 11 is 0. The van der Waals surface area contributed by atoms with Crippen molar-refractivity contribution in [1.29, 1.82) is 0 Å². The Kier molecular flexibility index (Phi) is 18.6. The monoisotopic (exact) mass is 705 g/mol. The summed E-state index contributed by atoms with van der Waals surface area (Å²) in [6.45, 7) is 30.6. The van der Waals surface area contributed by atoms with Gasteiger partial charge in [0, 0.05) is 44.1 Å². The molecule has 2 N–H and O–H groups in total. The second kappa shape index (κ2) is 19.9. The molecule has 47 heavy (non-hydrogen) atoms. The van der Waals surface area contributed by atoms with Crippen LogP contribution in [0.3, 0.4) is 0 Å². The zero-order valence-electron chi connectivity index (χ0n) is 31.7. The molecule has 0 amide bonds. The molecule has 9 heteroatoms. The van der Waals surface area contributed by atoms with Gasteiger partial charge in [-0.25, -0.2) is 9.98 Å². The maximum absolute atomic E-state index is 13.1. The second-order valence-electron chi connectivity index (χ2n) is 16.3. The minimum Gasteiger partial charge on any atom is -0.872 e. The molecule has 5 rings (SSSR count). The van der Waals surface area contributed by atoms with Gasteiger partial charge in [0.15, 0.2) is 12.4 Å². The number of pyridine rings is 1. The van der Waals surface area contributed by atoms with Gasteiger partial charge in [-0.1, -0.05) is 115 Å². The van der Waals surface area contributed by atoms with E-state index in [4.69, 9.17) is 14.1 Å². The largest absolute Gasteiger partial charge is 2.00 e. The molecule has 2 aromatic carbocycles. The van der Waals surface area contributed by atoms with Crippen LogP contribution in [-0.2, 0) is 20.3 Å². The van der Waals surface area contributed by atoms with Crippen LogP contribution in [0.1, 0.15) is 83.9 Å². The normalized spacial score (nSPS) is 15.1. The Morgan fingerprint density at radius 2 is 1.28 bits per heavy atom. The molecular formula is C38H63CaN3O3Si2+2. The summed E-state index contributed by atoms with van der Waals surface area (Å²) in [5, 5.41) is 14.2. The van der Waals surface area contributed by atoms with E-state index in [0.717, 1.165) is 48.6 Å². The van der Waals surface area contributed by atoms with Crippen molar-refractivity contribution in [3.63, 3.8) is 0 Å². The van der Waals surface area contributed by atoms with E-state index in [0.29, 0.717) is 5.56 Å². The van der Waals surface area contributed by atoms with E-state index >= 15 is 0 Å². The first-order valence-electron chi connectivity index (χ1n) is 17.0. The number of para-hydroxylation sites is 1. The van der Waals surface area contributed by atoms with E-state index in [1.807, 2.05) is 36.7 Å². The van der Waals surface area contributed by atoms with Crippen molar-refractivity contribution in [2.45, 2.75) is 117 Å². The number of rotatable bonds is 4. The molecule has 1 aromatic heterocycles. The molecule has 3 heterocycles. The Morgan fingerprint density at radius 1 is 0.766 bits per heavy atom. The van der Waals surface area contributed by atoms with Gasteiger partial charge in [0.05, 0.1) is 5.39 Å². The van der Waals surface area contributed by atoms with Crippen LogP contribution in [0.15, 0.2) is 48.7 Å². The minimum atomic E-state index is -1.11. The molecule has 256 valence electrons. The van der Waals surface area contributed by atoms with Crippen LogP contribution < -0.4 is 15.1 Å². The number of aromatic amines is 1. The van der Waals surface area contributed by atoms with E-state index in [1.54, 1.807) is 0 Å². The fourth-order valence-corrected chi connectivity index (χ4v) is 13.3. The average Bonchev–Trinajstić information content (AvgIpc) is 3.69. The molecule has 0 atom stereocenters. The predicted octanol–water partition coefficient (Wildman–Crippen LogP) is 7.40. The van der Waals surface area contributed by atoms with E-state index in [2.05, 4.69) is 109 Å². The molecule has 0 bridgehead atoms. The Labute approximate surface area is 318 Å². The van der Waals surface area contributed by atoms with Gasteiger partial charge in [0.25, 0.3) is 11.2 Å². The molecule has 6 nitrogen and oxygen atoms in total. The molecule has 2 fully saturated rings. The van der Waals surface area contributed by atoms with Crippen molar-refractivity contribution < 1.29 is 24.6 Å². The number of fused-ring (bicyclic) bond motifs is 1. The quantitative estimate of drug-likeness (QED) is 0.227. The summed E-state index contributed by atoms with van der Waals surface area (Å²) in [6.07, 6.45) is 8.85. The smallest absolute Gasteiger partial charge is 0.872 e. The van der Waals surface area contributed by atoms with Gasteiger partial charge in [-0.05, 0) is 65.8 Å². The van der Waals surface area contributed by atoms with Crippen molar-refractivity contribution in [2.24, 2.45) is 0 Å². The fraction of sp³-hybridized carbons (Fsp3) is 0.579. The summed E-state index contributed by atoms with van der Waals surface area (Å²) in [5.41, 5.74) is 4.47. The third-order valence-corrected chi connectivity index (χ3v) is 12.6. The van der Waals surface area contributed by atoms with Crippen LogP contribution in [0.25, 0.3) is 15.6 Å². The van der Waals surface area contributed by atoms with Crippen LogP contribution in [0, 0.1) is 0 Å². The van der Waals surface area contributed by atoms with E-state index in [9.17, 15) is 5.11 Å². The van der Waals surface area contributed by atoms with Crippen molar-refractivity contribution >= 4 is 77.0 Å². The van der Waals surface area contributed by atoms with Crippen molar-refractivity contribution in [3.8, 4) is 5.75 Å². The molecule has 3 aromatic rings. The summed E-state index contributed by atoms with van der Waals surface area (Å²) < 4.78 is 14.7. The number of aromatic nitrogens is 1. The number of nitrogens with zero attached hydrogens (tertiary/aromatic N) is 1. The molecule has 0 spiro atoms. The van der Waals surface area contributed by atoms with E-state index < -0.39 is 16.5 Å². The maximum atomic E-state index is 13.1. The number of H-pyrrole nitrogens is 1. The molecule has 0 unspecified atom stereocenters. The zero-order chi connectivity index (χ0) is 34.6. The van der Waals surface area contributed by atoms with Crippen molar-refractivity contribution in [1.82, 2.24) is 0 Å². The molecule has 0 radical (unpaired) electrons. The Hall–Kier alpha value is -1.11.